The van der Waals surface area contributed by atoms with Crippen LogP contribution in [0.25, 0.3) is 0 Å². The van der Waals surface area contributed by atoms with Gasteiger partial charge in [-0.3, -0.25) is 0 Å². The molecule has 1 fully saturated rings. The fourth-order valence-electron chi connectivity index (χ4n) is 2.35. The summed E-state index contributed by atoms with van der Waals surface area (Å²) in [7, 11) is 0. The van der Waals surface area contributed by atoms with Crippen molar-refractivity contribution in [3.8, 4) is 6.07 Å². The Morgan fingerprint density at radius 1 is 1.12 bits per heavy atom. The van der Waals surface area contributed by atoms with Crippen molar-refractivity contribution in [2.75, 3.05) is 18.0 Å². The van der Waals surface area contributed by atoms with Gasteiger partial charge in [-0.05, 0) is 31.9 Å². The first-order valence-corrected chi connectivity index (χ1v) is 6.43. The van der Waals surface area contributed by atoms with Crippen molar-refractivity contribution in [2.45, 2.75) is 39.0 Å². The molecule has 0 aliphatic carbocycles. The zero-order chi connectivity index (χ0) is 12.1. The van der Waals surface area contributed by atoms with Crippen molar-refractivity contribution in [1.29, 1.82) is 5.26 Å². The van der Waals surface area contributed by atoms with Crippen molar-refractivity contribution in [2.24, 2.45) is 0 Å². The molecule has 90 valence electrons. The lowest BCUT2D eigenvalue weighted by Crippen LogP contribution is -2.28. The molecule has 3 nitrogen and oxygen atoms in total. The summed E-state index contributed by atoms with van der Waals surface area (Å²) < 4.78 is 0. The molecule has 3 heteroatoms. The molecule has 0 spiro atoms. The lowest BCUT2D eigenvalue weighted by molar-refractivity contribution is 0.553. The third kappa shape index (κ3) is 3.20. The fourth-order valence-corrected chi connectivity index (χ4v) is 2.35. The minimum atomic E-state index is 0.717. The fraction of sp³-hybridized carbons (Fsp3) is 0.571. The van der Waals surface area contributed by atoms with Gasteiger partial charge in [0.2, 0.25) is 0 Å². The Balaban J connectivity index is 2.19. The molecule has 0 unspecified atom stereocenters. The van der Waals surface area contributed by atoms with Crippen molar-refractivity contribution >= 4 is 5.82 Å². The van der Waals surface area contributed by atoms with Gasteiger partial charge in [-0.15, -0.1) is 0 Å². The van der Waals surface area contributed by atoms with E-state index < -0.39 is 0 Å². The van der Waals surface area contributed by atoms with Gasteiger partial charge in [0.1, 0.15) is 5.82 Å². The van der Waals surface area contributed by atoms with Gasteiger partial charge in [0.05, 0.1) is 11.6 Å². The number of hydrogen-bond acceptors (Lipinski definition) is 3. The molecule has 0 radical (unpaired) electrons. The van der Waals surface area contributed by atoms with E-state index in [2.05, 4.69) is 16.0 Å². The van der Waals surface area contributed by atoms with Crippen LogP contribution >= 0.6 is 0 Å². The summed E-state index contributed by atoms with van der Waals surface area (Å²) in [4.78, 5) is 6.88. The van der Waals surface area contributed by atoms with Crippen LogP contribution in [0.1, 0.15) is 43.4 Å². The third-order valence-corrected chi connectivity index (χ3v) is 3.25. The molecule has 1 aliphatic heterocycles. The topological polar surface area (TPSA) is 39.9 Å². The molecule has 1 saturated heterocycles. The van der Waals surface area contributed by atoms with Crippen LogP contribution in [0.2, 0.25) is 0 Å². The van der Waals surface area contributed by atoms with E-state index in [1.54, 1.807) is 0 Å². The molecular weight excluding hydrogens is 210 g/mol. The zero-order valence-corrected chi connectivity index (χ0v) is 10.4. The van der Waals surface area contributed by atoms with Crippen LogP contribution in [-0.2, 0) is 0 Å². The van der Waals surface area contributed by atoms with E-state index >= 15 is 0 Å². The number of nitriles is 1. The zero-order valence-electron chi connectivity index (χ0n) is 10.4. The minimum Gasteiger partial charge on any atom is -0.357 e. The molecule has 2 heterocycles. The number of nitrogens with zero attached hydrogens (tertiary/aromatic N) is 3. The van der Waals surface area contributed by atoms with Gasteiger partial charge in [0.15, 0.2) is 0 Å². The van der Waals surface area contributed by atoms with Crippen molar-refractivity contribution < 1.29 is 0 Å². The number of hydrogen-bond donors (Lipinski definition) is 0. The predicted molar refractivity (Wildman–Crippen MR) is 69.0 cm³/mol. The van der Waals surface area contributed by atoms with Crippen LogP contribution in [-0.4, -0.2) is 18.1 Å². The Labute approximate surface area is 103 Å². The predicted octanol–water partition coefficient (Wildman–Crippen LogP) is 3.03. The highest BCUT2D eigenvalue weighted by Gasteiger charge is 2.11. The Hall–Kier alpha value is -1.56. The maximum atomic E-state index is 8.99. The Kier molecular flexibility index (Phi) is 3.98. The van der Waals surface area contributed by atoms with Gasteiger partial charge in [0, 0.05) is 18.8 Å². The molecule has 0 aromatic carbocycles. The first-order valence-electron chi connectivity index (χ1n) is 6.43. The number of aryl methyl sites for hydroxylation is 1. The van der Waals surface area contributed by atoms with Gasteiger partial charge in [-0.2, -0.15) is 5.26 Å². The molecule has 0 atom stereocenters. The van der Waals surface area contributed by atoms with Crippen molar-refractivity contribution in [3.05, 3.63) is 23.4 Å². The van der Waals surface area contributed by atoms with Crippen LogP contribution in [0.4, 0.5) is 5.82 Å². The lowest BCUT2D eigenvalue weighted by Gasteiger charge is -2.26. The average molecular weight is 229 g/mol. The molecule has 0 saturated carbocycles. The largest absolute Gasteiger partial charge is 0.357 e. The number of anilines is 1. The summed E-state index contributed by atoms with van der Waals surface area (Å²) in [5.74, 6) is 0.975. The van der Waals surface area contributed by atoms with E-state index in [4.69, 9.17) is 5.26 Å². The van der Waals surface area contributed by atoms with E-state index in [1.165, 1.54) is 32.1 Å². The standard InChI is InChI=1S/C14H19N3/c1-12-9-13(11-15)10-14(16-12)17-7-5-3-2-4-6-8-17/h9-10H,2-8H2,1H3. The lowest BCUT2D eigenvalue weighted by atomic mass is 10.1. The van der Waals surface area contributed by atoms with Crippen molar-refractivity contribution in [1.82, 2.24) is 4.98 Å². The average Bonchev–Trinajstić information content (AvgIpc) is 2.27. The van der Waals surface area contributed by atoms with Gasteiger partial charge in [-0.1, -0.05) is 19.3 Å². The van der Waals surface area contributed by atoms with Crippen molar-refractivity contribution in [3.63, 3.8) is 0 Å². The summed E-state index contributed by atoms with van der Waals surface area (Å²) in [6.07, 6.45) is 6.45. The second-order valence-electron chi connectivity index (χ2n) is 4.72. The Morgan fingerprint density at radius 2 is 1.76 bits per heavy atom. The molecule has 17 heavy (non-hydrogen) atoms. The van der Waals surface area contributed by atoms with E-state index in [0.717, 1.165) is 30.2 Å². The molecule has 1 aliphatic rings. The van der Waals surface area contributed by atoms with E-state index in [1.807, 2.05) is 19.1 Å². The SMILES string of the molecule is Cc1cc(C#N)cc(N2CCCCCCC2)n1. The second-order valence-corrected chi connectivity index (χ2v) is 4.72. The Bertz CT molecular complexity index is 412. The van der Waals surface area contributed by atoms with Crippen LogP contribution in [0.3, 0.4) is 0 Å². The second kappa shape index (κ2) is 5.67. The molecular formula is C14H19N3. The van der Waals surface area contributed by atoms with Crippen LogP contribution in [0, 0.1) is 18.3 Å². The third-order valence-electron chi connectivity index (χ3n) is 3.25. The number of rotatable bonds is 1. The molecule has 2 rings (SSSR count). The van der Waals surface area contributed by atoms with E-state index in [-0.39, 0.29) is 0 Å². The summed E-state index contributed by atoms with van der Waals surface area (Å²) in [5.41, 5.74) is 1.65. The molecule has 0 amide bonds. The smallest absolute Gasteiger partial charge is 0.130 e. The van der Waals surface area contributed by atoms with Gasteiger partial charge in [-0.25, -0.2) is 4.98 Å². The highest BCUT2D eigenvalue weighted by molar-refractivity contribution is 5.46. The Morgan fingerprint density at radius 3 is 2.41 bits per heavy atom. The van der Waals surface area contributed by atoms with Gasteiger partial charge < -0.3 is 4.90 Å². The first kappa shape index (κ1) is 11.9. The van der Waals surface area contributed by atoms with Gasteiger partial charge in [0.25, 0.3) is 0 Å². The maximum Gasteiger partial charge on any atom is 0.130 e. The normalized spacial score (nSPS) is 17.1. The van der Waals surface area contributed by atoms with Gasteiger partial charge >= 0.3 is 0 Å². The highest BCUT2D eigenvalue weighted by Crippen LogP contribution is 2.19. The summed E-state index contributed by atoms with van der Waals surface area (Å²) >= 11 is 0. The minimum absolute atomic E-state index is 0.717. The number of aromatic nitrogens is 1. The molecule has 0 N–H and O–H groups in total. The monoisotopic (exact) mass is 229 g/mol. The summed E-state index contributed by atoms with van der Waals surface area (Å²) in [6, 6.07) is 5.96. The highest BCUT2D eigenvalue weighted by atomic mass is 15.2. The molecule has 1 aromatic rings. The van der Waals surface area contributed by atoms with E-state index in [9.17, 15) is 0 Å². The molecule has 1 aromatic heterocycles. The van der Waals surface area contributed by atoms with Crippen LogP contribution in [0.5, 0.6) is 0 Å². The quantitative estimate of drug-likeness (QED) is 0.743. The maximum absolute atomic E-state index is 8.99. The summed E-state index contributed by atoms with van der Waals surface area (Å²) in [5, 5.41) is 8.99. The van der Waals surface area contributed by atoms with Crippen LogP contribution in [0.15, 0.2) is 12.1 Å². The first-order chi connectivity index (χ1) is 8.29. The summed E-state index contributed by atoms with van der Waals surface area (Å²) in [6.45, 7) is 4.09. The molecule has 0 bridgehead atoms. The van der Waals surface area contributed by atoms with Crippen LogP contribution < -0.4 is 4.90 Å². The van der Waals surface area contributed by atoms with E-state index in [0.29, 0.717) is 0 Å². The number of pyridine rings is 1.